The minimum atomic E-state index is -1.37. The maximum absolute atomic E-state index is 15.3. The summed E-state index contributed by atoms with van der Waals surface area (Å²) >= 11 is 1.36. The number of rotatable bonds is 13. The lowest BCUT2D eigenvalue weighted by molar-refractivity contribution is -0.117. The van der Waals surface area contributed by atoms with Crippen molar-refractivity contribution in [1.29, 1.82) is 0 Å². The summed E-state index contributed by atoms with van der Waals surface area (Å²) in [5.41, 5.74) is 1.67. The number of carboxylic acids is 1. The molecule has 2 atom stereocenters. The molecule has 0 radical (unpaired) electrons. The zero-order valence-electron chi connectivity index (χ0n) is 32.6. The number of hydrogen-bond acceptors (Lipinski definition) is 10. The van der Waals surface area contributed by atoms with Gasteiger partial charge in [-0.3, -0.25) is 9.59 Å². The van der Waals surface area contributed by atoms with E-state index in [0.29, 0.717) is 41.4 Å². The van der Waals surface area contributed by atoms with Gasteiger partial charge in [0.05, 0.1) is 23.2 Å². The number of fused-ring (bicyclic) bond motifs is 1. The Balaban J connectivity index is 0.975. The third-order valence-corrected chi connectivity index (χ3v) is 11.2. The van der Waals surface area contributed by atoms with E-state index in [0.717, 1.165) is 16.5 Å². The number of aromatic carboxylic acids is 1. The van der Waals surface area contributed by atoms with Gasteiger partial charge in [-0.05, 0) is 55.2 Å². The fourth-order valence-corrected chi connectivity index (χ4v) is 7.77. The number of carboxylic acid groups (broad SMARTS) is 1. The highest BCUT2D eigenvalue weighted by molar-refractivity contribution is 7.11. The van der Waals surface area contributed by atoms with Gasteiger partial charge in [-0.2, -0.15) is 0 Å². The molecule has 1 saturated heterocycles. The molecule has 1 fully saturated rings. The Morgan fingerprint density at radius 2 is 1.60 bits per heavy atom. The van der Waals surface area contributed by atoms with E-state index in [4.69, 9.17) is 9.47 Å². The first-order chi connectivity index (χ1) is 27.8. The van der Waals surface area contributed by atoms with Crippen LogP contribution in [0.2, 0.25) is 0 Å². The van der Waals surface area contributed by atoms with E-state index in [1.807, 2.05) is 44.2 Å². The van der Waals surface area contributed by atoms with Crippen molar-refractivity contribution in [2.24, 2.45) is 5.92 Å². The lowest BCUT2D eigenvalue weighted by Crippen LogP contribution is -2.49. The predicted molar refractivity (Wildman–Crippen MR) is 218 cm³/mol. The fourth-order valence-electron chi connectivity index (χ4n) is 6.57. The summed E-state index contributed by atoms with van der Waals surface area (Å²) < 4.78 is 27.9. The third kappa shape index (κ3) is 9.62. The van der Waals surface area contributed by atoms with Crippen LogP contribution >= 0.6 is 11.3 Å². The number of pyridine rings is 1. The lowest BCUT2D eigenvalue weighted by atomic mass is 10.0. The van der Waals surface area contributed by atoms with E-state index < -0.39 is 40.9 Å². The second-order valence-corrected chi connectivity index (χ2v) is 15.3. The van der Waals surface area contributed by atoms with Crippen LogP contribution in [-0.4, -0.2) is 69.8 Å². The Morgan fingerprint density at radius 1 is 0.931 bits per heavy atom. The minimum absolute atomic E-state index is 0.00258. The molecule has 16 heteroatoms. The number of nitrogens with zero attached hydrogens (tertiary/aromatic N) is 4. The van der Waals surface area contributed by atoms with Gasteiger partial charge in [0.15, 0.2) is 0 Å². The summed E-state index contributed by atoms with van der Waals surface area (Å²) in [5.74, 6) is -2.81. The van der Waals surface area contributed by atoms with E-state index in [1.54, 1.807) is 59.8 Å². The monoisotopic (exact) mass is 812 g/mol. The van der Waals surface area contributed by atoms with Crippen LogP contribution in [0.3, 0.4) is 0 Å². The topological polar surface area (TPSA) is 172 Å². The highest BCUT2D eigenvalue weighted by atomic mass is 32.1. The maximum Gasteiger partial charge on any atom is 0.410 e. The number of aryl methyl sites for hydroxylation is 1. The number of nitrogens with one attached hydrogen (secondary N) is 2. The molecule has 3 aromatic carbocycles. The average Bonchev–Trinajstić information content (AvgIpc) is 3.71. The van der Waals surface area contributed by atoms with Crippen LogP contribution in [0.1, 0.15) is 71.0 Å². The van der Waals surface area contributed by atoms with Gasteiger partial charge in [0, 0.05) is 61.1 Å². The molecule has 1 aliphatic rings. The van der Waals surface area contributed by atoms with E-state index in [1.165, 1.54) is 22.4 Å². The van der Waals surface area contributed by atoms with Gasteiger partial charge >= 0.3 is 18.2 Å². The minimum Gasteiger partial charge on any atom is -0.477 e. The molecule has 0 unspecified atom stereocenters. The van der Waals surface area contributed by atoms with Gasteiger partial charge in [-0.25, -0.2) is 23.8 Å². The predicted octanol–water partition coefficient (Wildman–Crippen LogP) is 7.14. The summed E-state index contributed by atoms with van der Waals surface area (Å²) in [6, 6.07) is 18.6. The number of aromatic nitrogens is 2. The highest BCUT2D eigenvalue weighted by Gasteiger charge is 2.27. The molecular formula is C42H45FN6O8S. The quantitative estimate of drug-likeness (QED) is 0.111. The zero-order valence-corrected chi connectivity index (χ0v) is 33.4. The van der Waals surface area contributed by atoms with Crippen molar-refractivity contribution in [3.8, 4) is 0 Å². The first-order valence-corrected chi connectivity index (χ1v) is 19.7. The Morgan fingerprint density at radius 3 is 2.26 bits per heavy atom. The molecule has 58 heavy (non-hydrogen) atoms. The van der Waals surface area contributed by atoms with Gasteiger partial charge in [0.1, 0.15) is 29.6 Å². The first-order valence-electron chi connectivity index (χ1n) is 18.9. The molecule has 3 heterocycles. The van der Waals surface area contributed by atoms with E-state index in [2.05, 4.69) is 15.6 Å². The van der Waals surface area contributed by atoms with Gasteiger partial charge < -0.3 is 39.6 Å². The average molecular weight is 813 g/mol. The highest BCUT2D eigenvalue weighted by Crippen LogP contribution is 2.31. The number of piperazine rings is 1. The number of amides is 3. The van der Waals surface area contributed by atoms with Crippen molar-refractivity contribution in [2.75, 3.05) is 36.4 Å². The van der Waals surface area contributed by atoms with Gasteiger partial charge in [0.2, 0.25) is 11.3 Å². The van der Waals surface area contributed by atoms with Crippen molar-refractivity contribution < 1.29 is 38.1 Å². The van der Waals surface area contributed by atoms with Crippen LogP contribution in [0, 0.1) is 11.7 Å². The molecular weight excluding hydrogens is 768 g/mol. The molecule has 6 rings (SSSR count). The second kappa shape index (κ2) is 18.3. The van der Waals surface area contributed by atoms with Crippen LogP contribution in [0.25, 0.3) is 10.9 Å². The molecule has 304 valence electrons. The normalized spacial score (nSPS) is 13.9. The smallest absolute Gasteiger partial charge is 0.410 e. The Hall–Kier alpha value is -6.29. The third-order valence-electron chi connectivity index (χ3n) is 9.95. The van der Waals surface area contributed by atoms with Crippen molar-refractivity contribution in [2.45, 2.75) is 59.4 Å². The zero-order chi connectivity index (χ0) is 41.5. The number of hydrogen-bond donors (Lipinski definition) is 3. The number of carbonyl (C=O) groups excluding carboxylic acids is 3. The fraction of sp³-hybridized carbons (Fsp3) is 0.333. The van der Waals surface area contributed by atoms with Crippen molar-refractivity contribution >= 4 is 57.7 Å². The van der Waals surface area contributed by atoms with Crippen LogP contribution in [0.15, 0.2) is 83.9 Å². The van der Waals surface area contributed by atoms with Crippen molar-refractivity contribution in [3.05, 3.63) is 122 Å². The molecule has 0 saturated carbocycles. The summed E-state index contributed by atoms with van der Waals surface area (Å²) in [7, 11) is 0. The molecule has 0 bridgehead atoms. The molecule has 14 nitrogen and oxygen atoms in total. The van der Waals surface area contributed by atoms with Crippen LogP contribution in [0.5, 0.6) is 0 Å². The van der Waals surface area contributed by atoms with Gasteiger partial charge in [-0.15, -0.1) is 11.3 Å². The van der Waals surface area contributed by atoms with Gasteiger partial charge in [-0.1, -0.05) is 56.3 Å². The summed E-state index contributed by atoms with van der Waals surface area (Å²) in [6.45, 7) is 9.24. The maximum atomic E-state index is 15.3. The van der Waals surface area contributed by atoms with E-state index in [-0.39, 0.29) is 55.2 Å². The number of benzene rings is 3. The summed E-state index contributed by atoms with van der Waals surface area (Å²) in [4.78, 5) is 71.6. The molecule has 0 aliphatic carbocycles. The van der Waals surface area contributed by atoms with E-state index >= 15 is 4.39 Å². The molecule has 3 N–H and O–H groups in total. The van der Waals surface area contributed by atoms with Crippen molar-refractivity contribution in [1.82, 2.24) is 19.8 Å². The number of alkyl carbamates (subject to hydrolysis) is 1. The number of halogens is 1. The van der Waals surface area contributed by atoms with Crippen LogP contribution < -0.4 is 21.0 Å². The van der Waals surface area contributed by atoms with Crippen LogP contribution in [0.4, 0.5) is 25.4 Å². The Kier molecular flexibility index (Phi) is 13.1. The standard InChI is InChI=1S/C42H45FN6O8S/c1-5-47-22-31(40(52)53)37(50)30-19-32(43)34(20-33(30)47)48-15-17-49(18-16-48)42(55)57-24-28-11-13-29(14-12-28)45-38(51)26(4)39-44-21-35(58-39)36(25(2)3)46-41(54)56-23-27-9-7-6-8-10-27/h6-14,19-22,25-26,36H,5,15-18,23-24H2,1-4H3,(H,45,51)(H,46,54)(H,52,53)/t26-,36-/m0/s1. The number of carbonyl (C=O) groups is 4. The second-order valence-electron chi connectivity index (χ2n) is 14.2. The van der Waals surface area contributed by atoms with Gasteiger partial charge in [0.25, 0.3) is 0 Å². The first kappa shape index (κ1) is 41.3. The van der Waals surface area contributed by atoms with E-state index in [9.17, 15) is 29.1 Å². The van der Waals surface area contributed by atoms with Crippen LogP contribution in [-0.2, 0) is 34.0 Å². The van der Waals surface area contributed by atoms with Crippen molar-refractivity contribution in [3.63, 3.8) is 0 Å². The molecule has 5 aromatic rings. The molecule has 2 aromatic heterocycles. The largest absolute Gasteiger partial charge is 0.477 e. The Bertz CT molecular complexity index is 2340. The number of anilines is 2. The number of ether oxygens (including phenoxy) is 2. The summed E-state index contributed by atoms with van der Waals surface area (Å²) in [5, 5.41) is 15.8. The Labute approximate surface area is 338 Å². The molecule has 1 aliphatic heterocycles. The summed E-state index contributed by atoms with van der Waals surface area (Å²) in [6.07, 6.45) is 1.89. The number of thiazole rings is 1. The molecule has 0 spiro atoms. The SMILES string of the molecule is CCn1cc(C(=O)O)c(=O)c2cc(F)c(N3CCN(C(=O)OCc4ccc(NC(=O)[C@H](C)c5ncc([C@@H](NC(=O)OCc6ccccc6)C(C)C)s5)cc4)CC3)cc21. The molecule has 3 amide bonds. The lowest BCUT2D eigenvalue weighted by Gasteiger charge is -2.35.